The number of amides is 1. The minimum Gasteiger partial charge on any atom is -0.330 e. The van der Waals surface area contributed by atoms with E-state index in [2.05, 4.69) is 5.10 Å². The van der Waals surface area contributed by atoms with E-state index in [1.165, 1.54) is 35.8 Å². The number of nitrogens with zero attached hydrogens (tertiary/aromatic N) is 2. The van der Waals surface area contributed by atoms with E-state index in [1.54, 1.807) is 6.07 Å². The zero-order valence-electron chi connectivity index (χ0n) is 15.8. The van der Waals surface area contributed by atoms with E-state index in [0.717, 1.165) is 36.6 Å². The van der Waals surface area contributed by atoms with Gasteiger partial charge < -0.3 is 5.73 Å². The molecule has 0 saturated heterocycles. The fraction of sp³-hybridized carbons (Fsp3) is 0.333. The SMILES string of the molecule is CC(=O)N1N=C(c2cc(F)ccc2F)S[C@@]12c1cc(F)ccc1CC[C@@H]2CCN. The van der Waals surface area contributed by atoms with Gasteiger partial charge in [-0.3, -0.25) is 4.79 Å². The molecule has 0 bridgehead atoms. The van der Waals surface area contributed by atoms with Crippen LogP contribution in [0.3, 0.4) is 0 Å². The molecule has 0 saturated carbocycles. The van der Waals surface area contributed by atoms with E-state index < -0.39 is 22.3 Å². The van der Waals surface area contributed by atoms with Crippen LogP contribution < -0.4 is 5.73 Å². The van der Waals surface area contributed by atoms with E-state index in [-0.39, 0.29) is 22.4 Å². The summed E-state index contributed by atoms with van der Waals surface area (Å²) in [5.41, 5.74) is 7.37. The number of rotatable bonds is 3. The quantitative estimate of drug-likeness (QED) is 0.814. The summed E-state index contributed by atoms with van der Waals surface area (Å²) < 4.78 is 42.5. The maximum absolute atomic E-state index is 14.5. The fourth-order valence-corrected chi connectivity index (χ4v) is 5.90. The van der Waals surface area contributed by atoms with Gasteiger partial charge in [-0.1, -0.05) is 17.8 Å². The van der Waals surface area contributed by atoms with E-state index in [9.17, 15) is 18.0 Å². The minimum absolute atomic E-state index is 0.0202. The number of hydrazone groups is 1. The Hall–Kier alpha value is -2.32. The molecule has 0 fully saturated rings. The average molecular weight is 419 g/mol. The number of thioether (sulfide) groups is 1. The summed E-state index contributed by atoms with van der Waals surface area (Å²) in [6, 6.07) is 7.64. The predicted octanol–water partition coefficient (Wildman–Crippen LogP) is 4.13. The highest BCUT2D eigenvalue weighted by molar-refractivity contribution is 8.15. The molecule has 2 aromatic carbocycles. The van der Waals surface area contributed by atoms with Crippen molar-refractivity contribution in [1.82, 2.24) is 5.01 Å². The third-order valence-corrected chi connectivity index (χ3v) is 7.04. The highest BCUT2D eigenvalue weighted by Crippen LogP contribution is 2.57. The molecule has 0 unspecified atom stereocenters. The first kappa shape index (κ1) is 20.0. The first-order valence-corrected chi connectivity index (χ1v) is 10.2. The number of aryl methyl sites for hydroxylation is 1. The molecule has 4 nitrogen and oxygen atoms in total. The first-order chi connectivity index (χ1) is 13.9. The molecule has 0 aromatic heterocycles. The summed E-state index contributed by atoms with van der Waals surface area (Å²) >= 11 is 1.17. The Balaban J connectivity index is 1.91. The molecule has 8 heteroatoms. The van der Waals surface area contributed by atoms with Crippen molar-refractivity contribution in [2.24, 2.45) is 16.8 Å². The van der Waals surface area contributed by atoms with Crippen molar-refractivity contribution in [3.8, 4) is 0 Å². The number of hydrogen-bond acceptors (Lipinski definition) is 4. The second-order valence-electron chi connectivity index (χ2n) is 7.27. The third-order valence-electron chi connectivity index (χ3n) is 5.50. The van der Waals surface area contributed by atoms with Gasteiger partial charge in [0.25, 0.3) is 0 Å². The lowest BCUT2D eigenvalue weighted by Gasteiger charge is -2.45. The molecular weight excluding hydrogens is 399 g/mol. The molecule has 2 N–H and O–H groups in total. The van der Waals surface area contributed by atoms with Gasteiger partial charge in [-0.2, -0.15) is 5.10 Å². The topological polar surface area (TPSA) is 58.7 Å². The third kappa shape index (κ3) is 3.24. The minimum atomic E-state index is -1.05. The second-order valence-corrected chi connectivity index (χ2v) is 8.49. The zero-order chi connectivity index (χ0) is 20.8. The van der Waals surface area contributed by atoms with Gasteiger partial charge in [-0.05, 0) is 73.2 Å². The largest absolute Gasteiger partial charge is 0.330 e. The maximum Gasteiger partial charge on any atom is 0.241 e. The van der Waals surface area contributed by atoms with Gasteiger partial charge in [-0.25, -0.2) is 18.2 Å². The molecule has 4 rings (SSSR count). The fourth-order valence-electron chi connectivity index (χ4n) is 4.26. The van der Waals surface area contributed by atoms with Gasteiger partial charge >= 0.3 is 0 Å². The molecule has 29 heavy (non-hydrogen) atoms. The Morgan fingerprint density at radius 3 is 2.69 bits per heavy atom. The van der Waals surface area contributed by atoms with E-state index in [4.69, 9.17) is 5.73 Å². The number of fused-ring (bicyclic) bond motifs is 2. The van der Waals surface area contributed by atoms with Gasteiger partial charge in [0.2, 0.25) is 5.91 Å². The van der Waals surface area contributed by atoms with Crippen LogP contribution in [0, 0.1) is 23.4 Å². The lowest BCUT2D eigenvalue weighted by atomic mass is 9.77. The number of carbonyl (C=O) groups is 1. The highest BCUT2D eigenvalue weighted by atomic mass is 32.2. The number of nitrogens with two attached hydrogens (primary N) is 1. The van der Waals surface area contributed by atoms with Crippen molar-refractivity contribution in [3.05, 3.63) is 70.5 Å². The number of halogens is 3. The Labute approximate surface area is 171 Å². The summed E-state index contributed by atoms with van der Waals surface area (Å²) in [5.74, 6) is -2.14. The van der Waals surface area contributed by atoms with Crippen LogP contribution in [0.5, 0.6) is 0 Å². The van der Waals surface area contributed by atoms with E-state index in [0.29, 0.717) is 18.5 Å². The van der Waals surface area contributed by atoms with Crippen molar-refractivity contribution >= 4 is 22.7 Å². The summed E-state index contributed by atoms with van der Waals surface area (Å²) in [4.78, 5) is 11.6. The van der Waals surface area contributed by atoms with Crippen LogP contribution in [0.2, 0.25) is 0 Å². The van der Waals surface area contributed by atoms with Crippen LogP contribution in [0.4, 0.5) is 13.2 Å². The Morgan fingerprint density at radius 2 is 1.97 bits per heavy atom. The summed E-state index contributed by atoms with van der Waals surface area (Å²) in [5, 5.41) is 5.88. The van der Waals surface area contributed by atoms with Crippen molar-refractivity contribution in [3.63, 3.8) is 0 Å². The van der Waals surface area contributed by atoms with E-state index in [1.807, 2.05) is 0 Å². The first-order valence-electron chi connectivity index (χ1n) is 9.39. The van der Waals surface area contributed by atoms with Crippen molar-refractivity contribution in [2.45, 2.75) is 31.1 Å². The summed E-state index contributed by atoms with van der Waals surface area (Å²) in [6.45, 7) is 1.75. The van der Waals surface area contributed by atoms with Gasteiger partial charge in [0.05, 0.1) is 0 Å². The molecule has 0 radical (unpaired) electrons. The molecular formula is C21H20F3N3OS. The van der Waals surface area contributed by atoms with Crippen LogP contribution in [-0.4, -0.2) is 22.5 Å². The van der Waals surface area contributed by atoms with Gasteiger partial charge in [0.1, 0.15) is 27.4 Å². The number of benzene rings is 2. The average Bonchev–Trinajstić information content (AvgIpc) is 3.08. The normalized spacial score (nSPS) is 23.3. The molecule has 1 amide bonds. The monoisotopic (exact) mass is 419 g/mol. The molecule has 152 valence electrons. The lowest BCUT2D eigenvalue weighted by molar-refractivity contribution is -0.134. The smallest absolute Gasteiger partial charge is 0.241 e. The van der Waals surface area contributed by atoms with Gasteiger partial charge in [-0.15, -0.1) is 0 Å². The van der Waals surface area contributed by atoms with Crippen molar-refractivity contribution in [2.75, 3.05) is 6.54 Å². The second kappa shape index (κ2) is 7.50. The van der Waals surface area contributed by atoms with Crippen molar-refractivity contribution < 1.29 is 18.0 Å². The van der Waals surface area contributed by atoms with E-state index >= 15 is 0 Å². The summed E-state index contributed by atoms with van der Waals surface area (Å²) in [6.07, 6.45) is 2.03. The lowest BCUT2D eigenvalue weighted by Crippen LogP contribution is -2.49. The molecule has 1 aliphatic carbocycles. The maximum atomic E-state index is 14.5. The predicted molar refractivity (Wildman–Crippen MR) is 107 cm³/mol. The summed E-state index contributed by atoms with van der Waals surface area (Å²) in [7, 11) is 0. The van der Waals surface area contributed by atoms with Gasteiger partial charge in [0.15, 0.2) is 0 Å². The molecule has 1 spiro atoms. The van der Waals surface area contributed by atoms with Crippen molar-refractivity contribution in [1.29, 1.82) is 0 Å². The molecule has 1 heterocycles. The molecule has 2 aliphatic rings. The molecule has 1 aliphatic heterocycles. The standard InChI is InChI=1S/C21H20F3N3OS/c1-12(28)27-21(29-20(26-27)17-10-15(22)6-7-19(17)24)14(8-9-25)4-2-13-3-5-16(23)11-18(13)21/h3,5-7,10-11,14H,2,4,8-9,25H2,1H3/t14-,21+/m1/s1. The Bertz CT molecular complexity index is 1010. The number of hydrogen-bond donors (Lipinski definition) is 1. The number of carbonyl (C=O) groups excluding carboxylic acids is 1. The van der Waals surface area contributed by atoms with Gasteiger partial charge in [0, 0.05) is 12.5 Å². The Kier molecular flexibility index (Phi) is 5.16. The zero-order valence-corrected chi connectivity index (χ0v) is 16.6. The van der Waals surface area contributed by atoms with Crippen LogP contribution in [0.25, 0.3) is 0 Å². The van der Waals surface area contributed by atoms with Crippen LogP contribution in [0.1, 0.15) is 36.5 Å². The van der Waals surface area contributed by atoms with Crippen LogP contribution in [0.15, 0.2) is 41.5 Å². The van der Waals surface area contributed by atoms with Crippen LogP contribution >= 0.6 is 11.8 Å². The van der Waals surface area contributed by atoms with Crippen LogP contribution in [-0.2, 0) is 16.1 Å². The molecule has 2 aromatic rings. The highest BCUT2D eigenvalue weighted by Gasteiger charge is 2.55. The molecule has 2 atom stereocenters. The Morgan fingerprint density at radius 1 is 1.24 bits per heavy atom.